The second-order valence-electron chi connectivity index (χ2n) is 4.72. The molecule has 0 aromatic rings. The summed E-state index contributed by atoms with van der Waals surface area (Å²) in [5, 5.41) is 0. The van der Waals surface area contributed by atoms with Crippen molar-refractivity contribution in [2.75, 3.05) is 20.1 Å². The zero-order chi connectivity index (χ0) is 11.9. The minimum atomic E-state index is -2.15. The smallest absolute Gasteiger partial charge is 0.116 e. The molecule has 1 aliphatic heterocycles. The van der Waals surface area contributed by atoms with Gasteiger partial charge in [-0.1, -0.05) is 20.8 Å². The maximum Gasteiger partial charge on any atom is 0.116 e. The van der Waals surface area contributed by atoms with Gasteiger partial charge in [-0.05, 0) is 31.3 Å². The van der Waals surface area contributed by atoms with Crippen LogP contribution in [0.15, 0.2) is 0 Å². The zero-order valence-corrected chi connectivity index (χ0v) is 8.10. The van der Waals surface area contributed by atoms with Crippen LogP contribution in [0.2, 0.25) is 0 Å². The van der Waals surface area contributed by atoms with Crippen LogP contribution in [0.4, 0.5) is 4.39 Å². The molecule has 12 heavy (non-hydrogen) atoms. The number of nitrogens with zero attached hydrogens (tertiary/aromatic N) is 1. The van der Waals surface area contributed by atoms with Gasteiger partial charge in [-0.3, -0.25) is 0 Å². The number of piperidine rings is 1. The second kappa shape index (κ2) is 3.33. The van der Waals surface area contributed by atoms with E-state index < -0.39 is 13.1 Å². The lowest BCUT2D eigenvalue weighted by molar-refractivity contribution is 0.0370. The van der Waals surface area contributed by atoms with Crippen molar-refractivity contribution in [2.45, 2.75) is 33.4 Å². The first-order valence-corrected chi connectivity index (χ1v) is 4.51. The summed E-state index contributed by atoms with van der Waals surface area (Å²) in [5.41, 5.74) is -0.0831. The van der Waals surface area contributed by atoms with E-state index >= 15 is 0 Å². The number of rotatable bonds is 0. The van der Waals surface area contributed by atoms with Gasteiger partial charge in [-0.2, -0.15) is 0 Å². The summed E-state index contributed by atoms with van der Waals surface area (Å²) < 4.78 is 35.5. The van der Waals surface area contributed by atoms with E-state index in [-0.39, 0.29) is 17.9 Å². The average Bonchev–Trinajstić information content (AvgIpc) is 1.99. The summed E-state index contributed by atoms with van der Waals surface area (Å²) in [7, 11) is 0. The van der Waals surface area contributed by atoms with Crippen molar-refractivity contribution in [3.05, 3.63) is 0 Å². The first kappa shape index (κ1) is 6.36. The lowest BCUT2D eigenvalue weighted by atomic mass is 9.74. The molecule has 0 radical (unpaired) electrons. The van der Waals surface area contributed by atoms with Crippen LogP contribution in [0.3, 0.4) is 0 Å². The summed E-state index contributed by atoms with van der Waals surface area (Å²) in [6, 6.07) is 0. The third-order valence-electron chi connectivity index (χ3n) is 2.65. The second-order valence-corrected chi connectivity index (χ2v) is 4.72. The molecular formula is C10H20FN. The Balaban J connectivity index is 2.64. The molecule has 0 saturated carbocycles. The highest BCUT2D eigenvalue weighted by Crippen LogP contribution is 2.35. The molecule has 0 bridgehead atoms. The third-order valence-corrected chi connectivity index (χ3v) is 2.65. The first-order valence-electron chi connectivity index (χ1n) is 6.01. The quantitative estimate of drug-likeness (QED) is 0.547. The van der Waals surface area contributed by atoms with E-state index in [1.807, 2.05) is 20.8 Å². The summed E-state index contributed by atoms with van der Waals surface area (Å²) >= 11 is 0. The predicted molar refractivity (Wildman–Crippen MR) is 50.0 cm³/mol. The molecule has 2 heteroatoms. The van der Waals surface area contributed by atoms with Gasteiger partial charge in [0.1, 0.15) is 6.17 Å². The van der Waals surface area contributed by atoms with E-state index in [1.165, 1.54) is 4.90 Å². The Bertz CT molecular complexity index is 222. The fourth-order valence-electron chi connectivity index (χ4n) is 1.88. The van der Waals surface area contributed by atoms with E-state index in [1.54, 1.807) is 0 Å². The van der Waals surface area contributed by atoms with Crippen LogP contribution in [-0.2, 0) is 0 Å². The lowest BCUT2D eigenvalue weighted by Gasteiger charge is -2.39. The van der Waals surface area contributed by atoms with Crippen LogP contribution >= 0.6 is 0 Å². The molecule has 1 saturated heterocycles. The van der Waals surface area contributed by atoms with Crippen LogP contribution in [0.1, 0.15) is 31.3 Å². The number of likely N-dealkylation sites (tertiary alicyclic amines) is 1. The van der Waals surface area contributed by atoms with Crippen molar-refractivity contribution in [1.82, 2.24) is 4.90 Å². The van der Waals surface area contributed by atoms with Gasteiger partial charge in [0.15, 0.2) is 0 Å². The standard InChI is InChI=1S/C10H20FN/c1-10(2,3)8-5-6-12(4)7-9(8)11/h8-9H,5-7H2,1-4H3/i4D3. The van der Waals surface area contributed by atoms with Gasteiger partial charge in [0.05, 0.1) is 0 Å². The van der Waals surface area contributed by atoms with Gasteiger partial charge >= 0.3 is 0 Å². The monoisotopic (exact) mass is 176 g/mol. The summed E-state index contributed by atoms with van der Waals surface area (Å²) in [6.45, 7) is 4.39. The van der Waals surface area contributed by atoms with E-state index in [9.17, 15) is 4.39 Å². The van der Waals surface area contributed by atoms with E-state index in [4.69, 9.17) is 4.11 Å². The van der Waals surface area contributed by atoms with Gasteiger partial charge in [0, 0.05) is 10.7 Å². The predicted octanol–water partition coefficient (Wildman–Crippen LogP) is 2.32. The van der Waals surface area contributed by atoms with Crippen molar-refractivity contribution < 1.29 is 8.50 Å². The Morgan fingerprint density at radius 3 is 2.58 bits per heavy atom. The molecule has 2 unspecified atom stereocenters. The van der Waals surface area contributed by atoms with Crippen molar-refractivity contribution in [3.63, 3.8) is 0 Å². The highest BCUT2D eigenvalue weighted by atomic mass is 19.1. The number of alkyl halides is 1. The van der Waals surface area contributed by atoms with Gasteiger partial charge in [0.25, 0.3) is 0 Å². The molecule has 2 atom stereocenters. The van der Waals surface area contributed by atoms with Crippen LogP contribution in [-0.4, -0.2) is 31.1 Å². The largest absolute Gasteiger partial charge is 0.303 e. The van der Waals surface area contributed by atoms with Crippen LogP contribution in [0, 0.1) is 11.3 Å². The van der Waals surface area contributed by atoms with Crippen LogP contribution < -0.4 is 0 Å². The molecule has 1 heterocycles. The maximum atomic E-state index is 13.8. The Kier molecular flexibility index (Phi) is 1.76. The van der Waals surface area contributed by atoms with Crippen molar-refractivity contribution in [2.24, 2.45) is 11.3 Å². The molecule has 0 aromatic heterocycles. The van der Waals surface area contributed by atoms with Gasteiger partial charge in [-0.25, -0.2) is 4.39 Å². The number of hydrogen-bond donors (Lipinski definition) is 0. The van der Waals surface area contributed by atoms with Gasteiger partial charge < -0.3 is 4.90 Å². The molecule has 1 rings (SSSR count). The molecule has 0 N–H and O–H groups in total. The van der Waals surface area contributed by atoms with Crippen molar-refractivity contribution in [3.8, 4) is 0 Å². The maximum absolute atomic E-state index is 13.8. The summed E-state index contributed by atoms with van der Waals surface area (Å²) in [4.78, 5) is 1.26. The topological polar surface area (TPSA) is 3.24 Å². The van der Waals surface area contributed by atoms with Crippen LogP contribution in [0.5, 0.6) is 0 Å². The molecule has 0 amide bonds. The fraction of sp³-hybridized carbons (Fsp3) is 1.00. The Morgan fingerprint density at radius 2 is 2.17 bits per heavy atom. The molecular weight excluding hydrogens is 153 g/mol. The molecule has 0 spiro atoms. The first-order chi connectivity index (χ1) is 6.62. The number of halogens is 1. The average molecular weight is 176 g/mol. The summed E-state index contributed by atoms with van der Waals surface area (Å²) in [5.74, 6) is -0.0314. The van der Waals surface area contributed by atoms with Crippen molar-refractivity contribution in [1.29, 1.82) is 0 Å². The lowest BCUT2D eigenvalue weighted by Crippen LogP contribution is -2.44. The molecule has 1 nitrogen and oxygen atoms in total. The highest BCUT2D eigenvalue weighted by Gasteiger charge is 2.35. The van der Waals surface area contributed by atoms with E-state index in [0.29, 0.717) is 13.0 Å². The minimum absolute atomic E-state index is 0.0314. The van der Waals surface area contributed by atoms with Gasteiger partial charge in [-0.15, -0.1) is 0 Å². The third kappa shape index (κ3) is 2.19. The zero-order valence-electron chi connectivity index (χ0n) is 11.1. The molecule has 72 valence electrons. The van der Waals surface area contributed by atoms with Gasteiger partial charge in [0.2, 0.25) is 0 Å². The Hall–Kier alpha value is -0.110. The molecule has 1 fully saturated rings. The van der Waals surface area contributed by atoms with E-state index in [0.717, 1.165) is 0 Å². The highest BCUT2D eigenvalue weighted by molar-refractivity contribution is 4.86. The Labute approximate surface area is 79.2 Å². The van der Waals surface area contributed by atoms with Crippen molar-refractivity contribution >= 4 is 0 Å². The molecule has 0 aromatic carbocycles. The molecule has 1 aliphatic rings. The SMILES string of the molecule is [2H]C([2H])([2H])N1CCC(C(C)(C)C)C(F)C1. The van der Waals surface area contributed by atoms with E-state index in [2.05, 4.69) is 0 Å². The minimum Gasteiger partial charge on any atom is -0.303 e. The normalized spacial score (nSPS) is 38.5. The van der Waals surface area contributed by atoms with Crippen LogP contribution in [0.25, 0.3) is 0 Å². The Morgan fingerprint density at radius 1 is 1.50 bits per heavy atom. The fourth-order valence-corrected chi connectivity index (χ4v) is 1.88. The number of hydrogen-bond acceptors (Lipinski definition) is 1. The summed E-state index contributed by atoms with van der Waals surface area (Å²) in [6.07, 6.45) is -0.401. The molecule has 0 aliphatic carbocycles.